The van der Waals surface area contributed by atoms with Crippen LogP contribution in [0, 0.1) is 0 Å². The van der Waals surface area contributed by atoms with E-state index in [1.165, 1.54) is 57.9 Å². The zero-order chi connectivity index (χ0) is 10.2. The zero-order valence-corrected chi connectivity index (χ0v) is 10.2. The van der Waals surface area contributed by atoms with E-state index in [4.69, 9.17) is 11.6 Å². The Morgan fingerprint density at radius 3 is 2.29 bits per heavy atom. The van der Waals surface area contributed by atoms with Crippen LogP contribution in [0.25, 0.3) is 0 Å². The Bertz CT molecular complexity index is 130. The number of nitrogens with zero attached hydrogens (tertiary/aromatic N) is 1. The molecule has 84 valence electrons. The molecule has 14 heavy (non-hydrogen) atoms. The first-order chi connectivity index (χ1) is 6.84. The summed E-state index contributed by atoms with van der Waals surface area (Å²) >= 11 is 5.68. The number of hydrogen-bond acceptors (Lipinski definition) is 1. The van der Waals surface area contributed by atoms with Gasteiger partial charge >= 0.3 is 0 Å². The Kier molecular flexibility index (Phi) is 6.63. The lowest BCUT2D eigenvalue weighted by Crippen LogP contribution is -2.32. The highest BCUT2D eigenvalue weighted by atomic mass is 35.5. The fourth-order valence-electron chi connectivity index (χ4n) is 2.34. The molecule has 0 aromatic rings. The van der Waals surface area contributed by atoms with Crippen molar-refractivity contribution < 1.29 is 0 Å². The van der Waals surface area contributed by atoms with Gasteiger partial charge in [0.1, 0.15) is 0 Å². The fourth-order valence-corrected chi connectivity index (χ4v) is 2.53. The van der Waals surface area contributed by atoms with Gasteiger partial charge in [-0.05, 0) is 39.3 Å². The first-order valence-electron chi connectivity index (χ1n) is 6.11. The Labute approximate surface area is 93.8 Å². The molecule has 0 unspecified atom stereocenters. The van der Waals surface area contributed by atoms with Gasteiger partial charge in [0, 0.05) is 11.9 Å². The molecule has 1 saturated carbocycles. The van der Waals surface area contributed by atoms with Crippen LogP contribution in [0.15, 0.2) is 0 Å². The number of halogens is 1. The van der Waals surface area contributed by atoms with E-state index >= 15 is 0 Å². The molecule has 0 aromatic heterocycles. The third-order valence-electron chi connectivity index (χ3n) is 3.34. The molecule has 0 N–H and O–H groups in total. The largest absolute Gasteiger partial charge is 0.303 e. The summed E-state index contributed by atoms with van der Waals surface area (Å²) in [6, 6.07) is 0.854. The molecule has 0 amide bonds. The van der Waals surface area contributed by atoms with Crippen LogP contribution in [0.2, 0.25) is 0 Å². The van der Waals surface area contributed by atoms with E-state index in [1.54, 1.807) is 0 Å². The first-order valence-corrected chi connectivity index (χ1v) is 6.64. The van der Waals surface area contributed by atoms with E-state index in [1.807, 2.05) is 0 Å². The van der Waals surface area contributed by atoms with Crippen LogP contribution in [-0.4, -0.2) is 30.4 Å². The van der Waals surface area contributed by atoms with Crippen LogP contribution >= 0.6 is 11.6 Å². The monoisotopic (exact) mass is 217 g/mol. The number of alkyl halides is 1. The van der Waals surface area contributed by atoms with Crippen molar-refractivity contribution in [1.29, 1.82) is 0 Å². The molecule has 0 saturated heterocycles. The van der Waals surface area contributed by atoms with Gasteiger partial charge < -0.3 is 4.90 Å². The summed E-state index contributed by atoms with van der Waals surface area (Å²) in [4.78, 5) is 2.55. The number of unbranched alkanes of at least 4 members (excludes halogenated alkanes) is 1. The van der Waals surface area contributed by atoms with E-state index < -0.39 is 0 Å². The van der Waals surface area contributed by atoms with Crippen LogP contribution < -0.4 is 0 Å². The van der Waals surface area contributed by atoms with Gasteiger partial charge in [-0.15, -0.1) is 11.6 Å². The predicted molar refractivity (Wildman–Crippen MR) is 64.1 cm³/mol. The first kappa shape index (κ1) is 12.3. The maximum absolute atomic E-state index is 5.68. The van der Waals surface area contributed by atoms with Gasteiger partial charge in [0.2, 0.25) is 0 Å². The molecular formula is C12H24ClN. The molecule has 0 aliphatic heterocycles. The quantitative estimate of drug-likeness (QED) is 0.386. The highest BCUT2D eigenvalue weighted by Gasteiger charge is 2.15. The number of rotatable bonds is 5. The van der Waals surface area contributed by atoms with Gasteiger partial charge in [-0.1, -0.05) is 25.7 Å². The molecule has 0 atom stereocenters. The summed E-state index contributed by atoms with van der Waals surface area (Å²) in [5.74, 6) is 0.818. The minimum absolute atomic E-state index is 0.818. The topological polar surface area (TPSA) is 3.24 Å². The highest BCUT2D eigenvalue weighted by Crippen LogP contribution is 2.21. The minimum atomic E-state index is 0.818. The molecule has 0 spiro atoms. The van der Waals surface area contributed by atoms with Gasteiger partial charge in [-0.25, -0.2) is 0 Å². The van der Waals surface area contributed by atoms with Gasteiger partial charge in [-0.3, -0.25) is 0 Å². The Balaban J connectivity index is 2.16. The van der Waals surface area contributed by atoms with Crippen molar-refractivity contribution in [2.24, 2.45) is 0 Å². The molecule has 1 rings (SSSR count). The van der Waals surface area contributed by atoms with Gasteiger partial charge in [-0.2, -0.15) is 0 Å². The van der Waals surface area contributed by atoms with Crippen molar-refractivity contribution in [2.45, 2.75) is 57.4 Å². The van der Waals surface area contributed by atoms with Gasteiger partial charge in [0.25, 0.3) is 0 Å². The Morgan fingerprint density at radius 1 is 1.07 bits per heavy atom. The second kappa shape index (κ2) is 7.53. The van der Waals surface area contributed by atoms with E-state index in [0.717, 1.165) is 11.9 Å². The second-order valence-electron chi connectivity index (χ2n) is 4.52. The molecule has 0 heterocycles. The van der Waals surface area contributed by atoms with Crippen molar-refractivity contribution in [1.82, 2.24) is 4.90 Å². The van der Waals surface area contributed by atoms with Crippen LogP contribution in [0.3, 0.4) is 0 Å². The van der Waals surface area contributed by atoms with E-state index in [9.17, 15) is 0 Å². The molecule has 1 aliphatic carbocycles. The maximum atomic E-state index is 5.68. The lowest BCUT2D eigenvalue weighted by atomic mass is 10.1. The lowest BCUT2D eigenvalue weighted by molar-refractivity contribution is 0.218. The summed E-state index contributed by atoms with van der Waals surface area (Å²) in [6.07, 6.45) is 11.0. The van der Waals surface area contributed by atoms with Crippen molar-refractivity contribution in [3.05, 3.63) is 0 Å². The Hall–Kier alpha value is 0.250. The zero-order valence-electron chi connectivity index (χ0n) is 9.47. The van der Waals surface area contributed by atoms with E-state index in [-0.39, 0.29) is 0 Å². The smallest absolute Gasteiger partial charge is 0.0223 e. The summed E-state index contributed by atoms with van der Waals surface area (Å²) < 4.78 is 0. The average Bonchev–Trinajstić information content (AvgIpc) is 2.46. The fraction of sp³-hybridized carbons (Fsp3) is 1.00. The third kappa shape index (κ3) is 4.65. The molecule has 0 radical (unpaired) electrons. The minimum Gasteiger partial charge on any atom is -0.303 e. The molecular weight excluding hydrogens is 194 g/mol. The van der Waals surface area contributed by atoms with Crippen LogP contribution in [0.1, 0.15) is 51.4 Å². The average molecular weight is 218 g/mol. The standard InChI is InChI=1S/C12H24ClN/c1-14(11-7-6-10-13)12-8-4-2-3-5-9-12/h12H,2-11H2,1H3. The summed E-state index contributed by atoms with van der Waals surface area (Å²) in [5.41, 5.74) is 0. The van der Waals surface area contributed by atoms with Crippen LogP contribution in [0.4, 0.5) is 0 Å². The van der Waals surface area contributed by atoms with E-state index in [2.05, 4.69) is 11.9 Å². The third-order valence-corrected chi connectivity index (χ3v) is 3.61. The SMILES string of the molecule is CN(CCCCCl)C1CCCCCC1. The van der Waals surface area contributed by atoms with Crippen molar-refractivity contribution in [3.63, 3.8) is 0 Å². The summed E-state index contributed by atoms with van der Waals surface area (Å²) in [7, 11) is 2.28. The normalized spacial score (nSPS) is 19.9. The second-order valence-corrected chi connectivity index (χ2v) is 4.90. The van der Waals surface area contributed by atoms with Crippen molar-refractivity contribution in [3.8, 4) is 0 Å². The molecule has 1 aliphatic rings. The molecule has 0 bridgehead atoms. The highest BCUT2D eigenvalue weighted by molar-refractivity contribution is 6.17. The van der Waals surface area contributed by atoms with Crippen LogP contribution in [0.5, 0.6) is 0 Å². The molecule has 0 aromatic carbocycles. The molecule has 1 nitrogen and oxygen atoms in total. The molecule has 1 fully saturated rings. The van der Waals surface area contributed by atoms with Crippen molar-refractivity contribution >= 4 is 11.6 Å². The predicted octanol–water partition coefficient (Wildman–Crippen LogP) is 3.66. The summed E-state index contributed by atoms with van der Waals surface area (Å²) in [6.45, 7) is 1.23. The van der Waals surface area contributed by atoms with Gasteiger partial charge in [0.15, 0.2) is 0 Å². The van der Waals surface area contributed by atoms with E-state index in [0.29, 0.717) is 0 Å². The lowest BCUT2D eigenvalue weighted by Gasteiger charge is -2.26. The molecule has 2 heteroatoms. The van der Waals surface area contributed by atoms with Crippen LogP contribution in [-0.2, 0) is 0 Å². The van der Waals surface area contributed by atoms with Crippen molar-refractivity contribution in [2.75, 3.05) is 19.5 Å². The summed E-state index contributed by atoms with van der Waals surface area (Å²) in [5, 5.41) is 0. The maximum Gasteiger partial charge on any atom is 0.0223 e. The van der Waals surface area contributed by atoms with Gasteiger partial charge in [0.05, 0.1) is 0 Å². The number of hydrogen-bond donors (Lipinski definition) is 0. The Morgan fingerprint density at radius 2 is 1.71 bits per heavy atom.